The maximum atomic E-state index is 14.0. The molecule has 7 nitrogen and oxygen atoms in total. The number of rotatable bonds is 11. The fraction of sp³-hybridized carbons (Fsp3) is 0.333. The second-order valence-electron chi connectivity index (χ2n) is 9.81. The van der Waals surface area contributed by atoms with Crippen molar-refractivity contribution in [1.82, 2.24) is 10.2 Å². The number of hydrogen-bond acceptors (Lipinski definition) is 5. The first-order valence-electron chi connectivity index (χ1n) is 12.8. The zero-order valence-electron chi connectivity index (χ0n) is 23.3. The first-order valence-corrected chi connectivity index (χ1v) is 15.5. The predicted octanol–water partition coefficient (Wildman–Crippen LogP) is 5.16. The molecule has 0 aliphatic heterocycles. The van der Waals surface area contributed by atoms with Crippen molar-refractivity contribution in [3.05, 3.63) is 89.5 Å². The lowest BCUT2D eigenvalue weighted by Gasteiger charge is -2.32. The van der Waals surface area contributed by atoms with E-state index in [1.165, 1.54) is 16.7 Å². The molecule has 1 atom stereocenters. The van der Waals surface area contributed by atoms with Gasteiger partial charge in [0.15, 0.2) is 0 Å². The summed E-state index contributed by atoms with van der Waals surface area (Å²) in [6, 6.07) is 20.3. The minimum absolute atomic E-state index is 0.0877. The van der Waals surface area contributed by atoms with Crippen molar-refractivity contribution in [2.24, 2.45) is 0 Å². The summed E-state index contributed by atoms with van der Waals surface area (Å²) in [4.78, 5) is 29.4. The van der Waals surface area contributed by atoms with E-state index in [4.69, 9.17) is 0 Å². The van der Waals surface area contributed by atoms with Crippen LogP contribution in [0.2, 0.25) is 0 Å². The van der Waals surface area contributed by atoms with Crippen LogP contribution in [-0.2, 0) is 26.2 Å². The monoisotopic (exact) mass is 567 g/mol. The Balaban J connectivity index is 2.04. The molecule has 3 aromatic rings. The molecule has 0 fully saturated rings. The number of aryl methyl sites for hydroxylation is 2. The molecule has 3 aromatic carbocycles. The zero-order chi connectivity index (χ0) is 28.7. The summed E-state index contributed by atoms with van der Waals surface area (Å²) in [5.41, 5.74) is 3.20. The first-order chi connectivity index (χ1) is 18.4. The van der Waals surface area contributed by atoms with E-state index in [0.717, 1.165) is 25.9 Å². The van der Waals surface area contributed by atoms with E-state index in [9.17, 15) is 18.0 Å². The number of sulfonamides is 1. The third-order valence-corrected chi connectivity index (χ3v) is 8.98. The molecule has 1 unspecified atom stereocenters. The predicted molar refractivity (Wildman–Crippen MR) is 158 cm³/mol. The summed E-state index contributed by atoms with van der Waals surface area (Å²) in [6.45, 7) is 8.94. The summed E-state index contributed by atoms with van der Waals surface area (Å²) in [7, 11) is -4.09. The molecule has 9 heteroatoms. The average molecular weight is 568 g/mol. The van der Waals surface area contributed by atoms with Gasteiger partial charge in [-0.15, -0.1) is 11.8 Å². The molecule has 0 saturated carbocycles. The van der Waals surface area contributed by atoms with E-state index in [0.29, 0.717) is 5.69 Å². The first kappa shape index (κ1) is 30.2. The molecule has 208 valence electrons. The third-order valence-electron chi connectivity index (χ3n) is 6.45. The largest absolute Gasteiger partial charge is 0.352 e. The number of hydrogen-bond donors (Lipinski definition) is 1. The maximum Gasteiger partial charge on any atom is 0.264 e. The van der Waals surface area contributed by atoms with Crippen LogP contribution in [0.5, 0.6) is 0 Å². The fourth-order valence-electron chi connectivity index (χ4n) is 4.07. The average Bonchev–Trinajstić information content (AvgIpc) is 2.91. The van der Waals surface area contributed by atoms with Gasteiger partial charge in [-0.05, 0) is 88.4 Å². The topological polar surface area (TPSA) is 86.8 Å². The van der Waals surface area contributed by atoms with Gasteiger partial charge in [0, 0.05) is 17.5 Å². The fourth-order valence-corrected chi connectivity index (χ4v) is 5.90. The number of nitrogens with one attached hydrogen (secondary N) is 1. The van der Waals surface area contributed by atoms with E-state index in [1.807, 2.05) is 70.3 Å². The lowest BCUT2D eigenvalue weighted by atomic mass is 10.1. The van der Waals surface area contributed by atoms with Crippen LogP contribution in [0, 0.1) is 13.8 Å². The van der Waals surface area contributed by atoms with Crippen LogP contribution < -0.4 is 9.62 Å². The van der Waals surface area contributed by atoms with Crippen LogP contribution in [0.3, 0.4) is 0 Å². The van der Waals surface area contributed by atoms with Crippen molar-refractivity contribution in [3.8, 4) is 0 Å². The number of amides is 2. The maximum absolute atomic E-state index is 14.0. The molecule has 0 spiro atoms. The number of anilines is 1. The Labute approximate surface area is 236 Å². The van der Waals surface area contributed by atoms with Crippen molar-refractivity contribution < 1.29 is 18.0 Å². The molecule has 0 aromatic heterocycles. The SMILES string of the molecule is CSc1ccc(S(=O)(=O)N(CC(=O)N(Cc2ccccc2C)C(C)C(=O)NC(C)C)c2ccc(C)cc2)cc1. The highest BCUT2D eigenvalue weighted by Crippen LogP contribution is 2.26. The van der Waals surface area contributed by atoms with Gasteiger partial charge < -0.3 is 10.2 Å². The van der Waals surface area contributed by atoms with Crippen LogP contribution in [0.4, 0.5) is 5.69 Å². The minimum atomic E-state index is -4.09. The number of nitrogens with zero attached hydrogens (tertiary/aromatic N) is 2. The van der Waals surface area contributed by atoms with Gasteiger partial charge >= 0.3 is 0 Å². The van der Waals surface area contributed by atoms with Crippen LogP contribution in [0.25, 0.3) is 0 Å². The molecule has 39 heavy (non-hydrogen) atoms. The van der Waals surface area contributed by atoms with Gasteiger partial charge in [-0.25, -0.2) is 8.42 Å². The molecule has 3 rings (SSSR count). The van der Waals surface area contributed by atoms with Crippen molar-refractivity contribution >= 4 is 39.3 Å². The summed E-state index contributed by atoms with van der Waals surface area (Å²) in [5.74, 6) is -0.779. The van der Waals surface area contributed by atoms with E-state index >= 15 is 0 Å². The van der Waals surface area contributed by atoms with Gasteiger partial charge in [0.25, 0.3) is 10.0 Å². The van der Waals surface area contributed by atoms with Crippen molar-refractivity contribution in [2.75, 3.05) is 17.1 Å². The van der Waals surface area contributed by atoms with Gasteiger partial charge in [0.1, 0.15) is 12.6 Å². The summed E-state index contributed by atoms with van der Waals surface area (Å²) in [5, 5.41) is 2.87. The summed E-state index contributed by atoms with van der Waals surface area (Å²) < 4.78 is 28.9. The number of carbonyl (C=O) groups excluding carboxylic acids is 2. The molecule has 0 aliphatic carbocycles. The van der Waals surface area contributed by atoms with Gasteiger partial charge in [-0.1, -0.05) is 42.0 Å². The summed E-state index contributed by atoms with van der Waals surface area (Å²) >= 11 is 1.51. The molecule has 0 radical (unpaired) electrons. The Morgan fingerprint density at radius 2 is 1.51 bits per heavy atom. The van der Waals surface area contributed by atoms with Gasteiger partial charge in [0.2, 0.25) is 11.8 Å². The standard InChI is InChI=1S/C30H37N3O4S2/c1-21(2)31-30(35)24(5)32(19-25-10-8-7-9-23(25)4)29(34)20-33(26-13-11-22(3)12-14-26)39(36,37)28-17-15-27(38-6)16-18-28/h7-18,21,24H,19-20H2,1-6H3,(H,31,35). The number of thioether (sulfide) groups is 1. The second kappa shape index (κ2) is 13.2. The molecule has 0 aliphatic rings. The van der Waals surface area contributed by atoms with E-state index in [1.54, 1.807) is 43.3 Å². The molecule has 1 N–H and O–H groups in total. The highest BCUT2D eigenvalue weighted by Gasteiger charge is 2.32. The Morgan fingerprint density at radius 3 is 2.08 bits per heavy atom. The van der Waals surface area contributed by atoms with Crippen LogP contribution >= 0.6 is 11.8 Å². The molecule has 2 amide bonds. The smallest absolute Gasteiger partial charge is 0.264 e. The quantitative estimate of drug-likeness (QED) is 0.324. The molecule has 0 bridgehead atoms. The normalized spacial score (nSPS) is 12.2. The Hall–Kier alpha value is -3.30. The van der Waals surface area contributed by atoms with Crippen molar-refractivity contribution in [1.29, 1.82) is 0 Å². The Kier molecular flexibility index (Phi) is 10.2. The van der Waals surface area contributed by atoms with Gasteiger partial charge in [0.05, 0.1) is 10.6 Å². The summed E-state index contributed by atoms with van der Waals surface area (Å²) in [6.07, 6.45) is 1.92. The lowest BCUT2D eigenvalue weighted by Crippen LogP contribution is -2.52. The Bertz CT molecular complexity index is 1390. The highest BCUT2D eigenvalue weighted by atomic mass is 32.2. The minimum Gasteiger partial charge on any atom is -0.352 e. The third kappa shape index (κ3) is 7.64. The number of benzene rings is 3. The van der Waals surface area contributed by atoms with Crippen LogP contribution in [0.15, 0.2) is 82.6 Å². The van der Waals surface area contributed by atoms with Gasteiger partial charge in [-0.2, -0.15) is 0 Å². The second-order valence-corrected chi connectivity index (χ2v) is 12.6. The zero-order valence-corrected chi connectivity index (χ0v) is 25.0. The lowest BCUT2D eigenvalue weighted by molar-refractivity contribution is -0.139. The molecule has 0 heterocycles. The van der Waals surface area contributed by atoms with E-state index in [2.05, 4.69) is 5.32 Å². The van der Waals surface area contributed by atoms with E-state index in [-0.39, 0.29) is 23.4 Å². The highest BCUT2D eigenvalue weighted by molar-refractivity contribution is 7.98. The van der Waals surface area contributed by atoms with Crippen LogP contribution in [0.1, 0.15) is 37.5 Å². The van der Waals surface area contributed by atoms with Crippen LogP contribution in [-0.4, -0.2) is 50.0 Å². The number of carbonyl (C=O) groups is 2. The van der Waals surface area contributed by atoms with Crippen molar-refractivity contribution in [3.63, 3.8) is 0 Å². The van der Waals surface area contributed by atoms with Crippen molar-refractivity contribution in [2.45, 2.75) is 63.0 Å². The molecular formula is C30H37N3O4S2. The molecule has 0 saturated heterocycles. The van der Waals surface area contributed by atoms with Gasteiger partial charge in [-0.3, -0.25) is 13.9 Å². The molecular weight excluding hydrogens is 530 g/mol. The van der Waals surface area contributed by atoms with E-state index < -0.39 is 28.5 Å². The Morgan fingerprint density at radius 1 is 0.897 bits per heavy atom.